The molecular formula is C21H25NO2. The van der Waals surface area contributed by atoms with Crippen molar-refractivity contribution < 1.29 is 9.53 Å². The molecular weight excluding hydrogens is 298 g/mol. The summed E-state index contributed by atoms with van der Waals surface area (Å²) < 4.78 is 5.57. The lowest BCUT2D eigenvalue weighted by Gasteiger charge is -2.30. The van der Waals surface area contributed by atoms with Crippen molar-refractivity contribution in [3.63, 3.8) is 0 Å². The molecule has 0 unspecified atom stereocenters. The second kappa shape index (κ2) is 8.65. The number of esters is 1. The van der Waals surface area contributed by atoms with Gasteiger partial charge in [-0.05, 0) is 24.0 Å². The fraction of sp³-hybridized carbons (Fsp3) is 0.381. The molecule has 126 valence electrons. The van der Waals surface area contributed by atoms with Crippen molar-refractivity contribution in [1.29, 1.82) is 0 Å². The van der Waals surface area contributed by atoms with Crippen LogP contribution < -0.4 is 5.32 Å². The van der Waals surface area contributed by atoms with Gasteiger partial charge in [0.25, 0.3) is 0 Å². The zero-order chi connectivity index (χ0) is 16.6. The van der Waals surface area contributed by atoms with Gasteiger partial charge in [-0.2, -0.15) is 0 Å². The summed E-state index contributed by atoms with van der Waals surface area (Å²) in [5.74, 6) is -0.102. The van der Waals surface area contributed by atoms with Crippen molar-refractivity contribution in [3.8, 4) is 0 Å². The molecule has 3 rings (SSSR count). The molecule has 0 aliphatic heterocycles. The molecule has 1 N–H and O–H groups in total. The summed E-state index contributed by atoms with van der Waals surface area (Å²) >= 11 is 0. The van der Waals surface area contributed by atoms with E-state index in [1.54, 1.807) is 0 Å². The Kier molecular flexibility index (Phi) is 6.02. The molecule has 0 spiro atoms. The van der Waals surface area contributed by atoms with E-state index in [1.807, 2.05) is 48.5 Å². The van der Waals surface area contributed by atoms with Gasteiger partial charge in [-0.1, -0.05) is 73.5 Å². The van der Waals surface area contributed by atoms with Crippen LogP contribution in [0.5, 0.6) is 0 Å². The van der Waals surface area contributed by atoms with Crippen LogP contribution in [0.3, 0.4) is 0 Å². The molecule has 0 bridgehead atoms. The van der Waals surface area contributed by atoms with E-state index in [9.17, 15) is 4.79 Å². The van der Waals surface area contributed by atoms with Crippen molar-refractivity contribution in [2.75, 3.05) is 0 Å². The van der Waals surface area contributed by atoms with Gasteiger partial charge in [0, 0.05) is 12.6 Å². The van der Waals surface area contributed by atoms with Crippen molar-refractivity contribution in [2.45, 2.75) is 44.9 Å². The van der Waals surface area contributed by atoms with Crippen molar-refractivity contribution in [1.82, 2.24) is 5.32 Å². The minimum absolute atomic E-state index is 0.0359. The fourth-order valence-corrected chi connectivity index (χ4v) is 3.34. The van der Waals surface area contributed by atoms with Gasteiger partial charge < -0.3 is 10.1 Å². The second-order valence-corrected chi connectivity index (χ2v) is 6.46. The molecule has 2 atom stereocenters. The van der Waals surface area contributed by atoms with E-state index < -0.39 is 0 Å². The molecule has 2 aromatic rings. The number of rotatable bonds is 6. The summed E-state index contributed by atoms with van der Waals surface area (Å²) in [4.78, 5) is 12.5. The first-order valence-electron chi connectivity index (χ1n) is 8.81. The Morgan fingerprint density at radius 2 is 1.54 bits per heavy atom. The van der Waals surface area contributed by atoms with E-state index in [0.717, 1.165) is 31.4 Å². The molecule has 2 aromatic carbocycles. The van der Waals surface area contributed by atoms with Crippen LogP contribution >= 0.6 is 0 Å². The highest BCUT2D eigenvalue weighted by molar-refractivity contribution is 5.73. The van der Waals surface area contributed by atoms with Crippen LogP contribution in [0.4, 0.5) is 0 Å². The molecule has 3 nitrogen and oxygen atoms in total. The average Bonchev–Trinajstić information content (AvgIpc) is 2.66. The van der Waals surface area contributed by atoms with E-state index in [2.05, 4.69) is 17.4 Å². The predicted molar refractivity (Wildman–Crippen MR) is 95.3 cm³/mol. The third kappa shape index (κ3) is 4.68. The number of carbonyl (C=O) groups excluding carboxylic acids is 1. The number of benzene rings is 2. The molecule has 0 aromatic heterocycles. The lowest BCUT2D eigenvalue weighted by molar-refractivity contribution is -0.152. The zero-order valence-corrected chi connectivity index (χ0v) is 14.0. The molecule has 1 saturated carbocycles. The van der Waals surface area contributed by atoms with Gasteiger partial charge in [-0.15, -0.1) is 0 Å². The summed E-state index contributed by atoms with van der Waals surface area (Å²) in [5.41, 5.74) is 2.29. The average molecular weight is 323 g/mol. The minimum atomic E-state index is -0.0656. The molecule has 0 heterocycles. The molecule has 1 fully saturated rings. The van der Waals surface area contributed by atoms with Crippen molar-refractivity contribution in [3.05, 3.63) is 71.8 Å². The van der Waals surface area contributed by atoms with Gasteiger partial charge in [0.05, 0.1) is 5.92 Å². The number of ether oxygens (including phenoxy) is 1. The molecule has 3 heteroatoms. The van der Waals surface area contributed by atoms with Crippen molar-refractivity contribution >= 4 is 5.97 Å². The largest absolute Gasteiger partial charge is 0.461 e. The van der Waals surface area contributed by atoms with Gasteiger partial charge in [0.1, 0.15) is 6.61 Å². The lowest BCUT2D eigenvalue weighted by atomic mass is 9.84. The fourth-order valence-electron chi connectivity index (χ4n) is 3.34. The minimum Gasteiger partial charge on any atom is -0.461 e. The van der Waals surface area contributed by atoms with Crippen LogP contribution in [0.2, 0.25) is 0 Å². The normalized spacial score (nSPS) is 20.5. The third-order valence-electron chi connectivity index (χ3n) is 4.70. The number of hydrogen-bond acceptors (Lipinski definition) is 3. The summed E-state index contributed by atoms with van der Waals surface area (Å²) in [6.45, 7) is 1.16. The smallest absolute Gasteiger partial charge is 0.310 e. The Hall–Kier alpha value is -2.13. The molecule has 24 heavy (non-hydrogen) atoms. The number of hydrogen-bond donors (Lipinski definition) is 1. The highest BCUT2D eigenvalue weighted by atomic mass is 16.5. The summed E-state index contributed by atoms with van der Waals surface area (Å²) in [6.07, 6.45) is 4.24. The summed E-state index contributed by atoms with van der Waals surface area (Å²) in [7, 11) is 0. The van der Waals surface area contributed by atoms with Gasteiger partial charge in [-0.25, -0.2) is 0 Å². The van der Waals surface area contributed by atoms with E-state index in [1.165, 1.54) is 12.0 Å². The maximum atomic E-state index is 12.5. The first-order valence-corrected chi connectivity index (χ1v) is 8.81. The SMILES string of the molecule is O=C(OCc1ccccc1)[C@H]1CCCC[C@@H]1NCc1ccccc1. The topological polar surface area (TPSA) is 38.3 Å². The highest BCUT2D eigenvalue weighted by Gasteiger charge is 2.31. The van der Waals surface area contributed by atoms with E-state index >= 15 is 0 Å². The summed E-state index contributed by atoms with van der Waals surface area (Å²) in [6, 6.07) is 20.4. The lowest BCUT2D eigenvalue weighted by Crippen LogP contribution is -2.42. The molecule has 1 aliphatic carbocycles. The van der Waals surface area contributed by atoms with Crippen LogP contribution in [-0.4, -0.2) is 12.0 Å². The highest BCUT2D eigenvalue weighted by Crippen LogP contribution is 2.26. The van der Waals surface area contributed by atoms with Crippen molar-refractivity contribution in [2.24, 2.45) is 5.92 Å². The van der Waals surface area contributed by atoms with Crippen LogP contribution in [0.25, 0.3) is 0 Å². The predicted octanol–water partition coefficient (Wildman–Crippen LogP) is 4.08. The monoisotopic (exact) mass is 323 g/mol. The van der Waals surface area contributed by atoms with E-state index in [-0.39, 0.29) is 17.9 Å². The Morgan fingerprint density at radius 3 is 2.25 bits per heavy atom. The summed E-state index contributed by atoms with van der Waals surface area (Å²) in [5, 5.41) is 3.57. The van der Waals surface area contributed by atoms with Gasteiger partial charge in [0.2, 0.25) is 0 Å². The maximum absolute atomic E-state index is 12.5. The van der Waals surface area contributed by atoms with Gasteiger partial charge >= 0.3 is 5.97 Å². The van der Waals surface area contributed by atoms with E-state index in [4.69, 9.17) is 4.74 Å². The van der Waals surface area contributed by atoms with Crippen LogP contribution in [0.15, 0.2) is 60.7 Å². The zero-order valence-electron chi connectivity index (χ0n) is 14.0. The number of nitrogens with one attached hydrogen (secondary N) is 1. The van der Waals surface area contributed by atoms with E-state index in [0.29, 0.717) is 6.61 Å². The molecule has 0 amide bonds. The Labute approximate surface area is 144 Å². The molecule has 0 radical (unpaired) electrons. The standard InChI is InChI=1S/C21H25NO2/c23-21(24-16-18-11-5-2-6-12-18)19-13-7-8-14-20(19)22-15-17-9-3-1-4-10-17/h1-6,9-12,19-20,22H,7-8,13-16H2/t19-,20-/m0/s1. The first kappa shape index (κ1) is 16.7. The Morgan fingerprint density at radius 1 is 0.917 bits per heavy atom. The molecule has 0 saturated heterocycles. The number of carbonyl (C=O) groups is 1. The maximum Gasteiger partial charge on any atom is 0.310 e. The van der Waals surface area contributed by atoms with Gasteiger partial charge in [-0.3, -0.25) is 4.79 Å². The third-order valence-corrected chi connectivity index (χ3v) is 4.70. The quantitative estimate of drug-likeness (QED) is 0.814. The van der Waals surface area contributed by atoms with Crippen LogP contribution in [-0.2, 0) is 22.7 Å². The second-order valence-electron chi connectivity index (χ2n) is 6.46. The Bertz CT molecular complexity index is 627. The Balaban J connectivity index is 1.54. The van der Waals surface area contributed by atoms with Crippen LogP contribution in [0.1, 0.15) is 36.8 Å². The first-order chi connectivity index (χ1) is 11.8. The van der Waals surface area contributed by atoms with Gasteiger partial charge in [0.15, 0.2) is 0 Å². The van der Waals surface area contributed by atoms with Crippen LogP contribution in [0, 0.1) is 5.92 Å². The molecule has 1 aliphatic rings.